The first-order valence-electron chi connectivity index (χ1n) is 9.45. The van der Waals surface area contributed by atoms with E-state index in [0.29, 0.717) is 26.0 Å². The summed E-state index contributed by atoms with van der Waals surface area (Å²) in [6.45, 7) is 2.13. The molecule has 6 fully saturated rings. The number of hydrogen-bond donors (Lipinski definition) is 6. The fourth-order valence-corrected chi connectivity index (χ4v) is 4.52. The largest absolute Gasteiger partial charge is 0.394 e. The van der Waals surface area contributed by atoms with Gasteiger partial charge in [-0.15, -0.1) is 0 Å². The Morgan fingerprint density at radius 1 is 0.923 bits per heavy atom. The molecule has 6 N–H and O–H groups in total. The molecule has 0 aliphatic carbocycles. The third-order valence-electron chi connectivity index (χ3n) is 5.78. The lowest BCUT2D eigenvalue weighted by Gasteiger charge is -2.52. The van der Waals surface area contributed by atoms with Gasteiger partial charge in [0, 0.05) is 12.5 Å². The number of hydrogen-bond acceptors (Lipinski definition) is 9. The molecule has 6 heterocycles. The SMILES string of the molecule is CCN[C@H]1[C@H](O)[C@@H]2O[C@H](CO)[C@H]1OCCC[C@H]1O[C@H](CO)C2[C@H](O)[C@H]1O. The zero-order valence-electron chi connectivity index (χ0n) is 15.0. The summed E-state index contributed by atoms with van der Waals surface area (Å²) in [5.74, 6) is -0.836. The average Bonchev–Trinajstić information content (AvgIpc) is 2.63. The topological polar surface area (TPSA) is 141 Å². The second-order valence-electron chi connectivity index (χ2n) is 7.33. The van der Waals surface area contributed by atoms with Crippen molar-refractivity contribution in [2.45, 2.75) is 74.6 Å². The molecule has 0 aromatic heterocycles. The van der Waals surface area contributed by atoms with Crippen LogP contribution in [0.5, 0.6) is 0 Å². The van der Waals surface area contributed by atoms with E-state index in [1.54, 1.807) is 0 Å². The van der Waals surface area contributed by atoms with Crippen molar-refractivity contribution in [2.24, 2.45) is 5.92 Å². The van der Waals surface area contributed by atoms with E-state index in [-0.39, 0.29) is 13.2 Å². The van der Waals surface area contributed by atoms with Gasteiger partial charge in [0.1, 0.15) is 18.3 Å². The highest BCUT2D eigenvalue weighted by Gasteiger charge is 2.55. The maximum atomic E-state index is 10.9. The van der Waals surface area contributed by atoms with Crippen molar-refractivity contribution in [3.05, 3.63) is 0 Å². The molecule has 10 atom stereocenters. The quantitative estimate of drug-likeness (QED) is 0.310. The number of ether oxygens (including phenoxy) is 3. The molecule has 9 heteroatoms. The molecule has 1 unspecified atom stereocenters. The lowest BCUT2D eigenvalue weighted by atomic mass is 9.76. The van der Waals surface area contributed by atoms with E-state index < -0.39 is 60.8 Å². The summed E-state index contributed by atoms with van der Waals surface area (Å²) in [7, 11) is 0. The Morgan fingerprint density at radius 2 is 1.65 bits per heavy atom. The summed E-state index contributed by atoms with van der Waals surface area (Å²) in [6.07, 6.45) is -5.98. The van der Waals surface area contributed by atoms with E-state index in [4.69, 9.17) is 14.2 Å². The van der Waals surface area contributed by atoms with Crippen LogP contribution in [-0.2, 0) is 14.2 Å². The maximum absolute atomic E-state index is 10.9. The number of likely N-dealkylation sites (N-methyl/N-ethyl adjacent to an activating group) is 1. The molecule has 0 saturated carbocycles. The Labute approximate surface area is 152 Å². The highest BCUT2D eigenvalue weighted by molar-refractivity contribution is 5.05. The van der Waals surface area contributed by atoms with Crippen LogP contribution < -0.4 is 5.32 Å². The Hall–Kier alpha value is -0.360. The summed E-state index contributed by atoms with van der Waals surface area (Å²) >= 11 is 0. The van der Waals surface area contributed by atoms with Crippen LogP contribution in [0.1, 0.15) is 19.8 Å². The van der Waals surface area contributed by atoms with Crippen LogP contribution in [0.15, 0.2) is 0 Å². The van der Waals surface area contributed by atoms with Crippen LogP contribution in [-0.4, -0.2) is 107 Å². The molecule has 6 aliphatic heterocycles. The number of aliphatic hydroxyl groups is 5. The lowest BCUT2D eigenvalue weighted by Crippen LogP contribution is -2.70. The number of rotatable bonds is 4. The summed E-state index contributed by atoms with van der Waals surface area (Å²) in [6, 6.07) is -0.517. The van der Waals surface area contributed by atoms with Crippen molar-refractivity contribution in [3.63, 3.8) is 0 Å². The Morgan fingerprint density at radius 3 is 2.31 bits per heavy atom. The molecule has 0 radical (unpaired) electrons. The molecule has 152 valence electrons. The summed E-state index contributed by atoms with van der Waals surface area (Å²) in [4.78, 5) is 0. The van der Waals surface area contributed by atoms with Gasteiger partial charge in [0.2, 0.25) is 0 Å². The minimum Gasteiger partial charge on any atom is -0.394 e. The van der Waals surface area contributed by atoms with E-state index in [0.717, 1.165) is 0 Å². The van der Waals surface area contributed by atoms with Crippen molar-refractivity contribution in [2.75, 3.05) is 26.4 Å². The summed E-state index contributed by atoms with van der Waals surface area (Å²) in [5.41, 5.74) is 0. The minimum absolute atomic E-state index is 0.311. The van der Waals surface area contributed by atoms with Crippen molar-refractivity contribution in [1.29, 1.82) is 0 Å². The fraction of sp³-hybridized carbons (Fsp3) is 1.00. The molecule has 0 aromatic rings. The predicted molar refractivity (Wildman–Crippen MR) is 89.4 cm³/mol. The summed E-state index contributed by atoms with van der Waals surface area (Å²) in [5, 5.41) is 54.9. The molecule has 0 amide bonds. The Kier molecular flexibility index (Phi) is 6.87. The zero-order valence-corrected chi connectivity index (χ0v) is 15.0. The van der Waals surface area contributed by atoms with Crippen LogP contribution >= 0.6 is 0 Å². The van der Waals surface area contributed by atoms with Crippen LogP contribution in [0.25, 0.3) is 0 Å². The highest BCUT2D eigenvalue weighted by atomic mass is 16.6. The van der Waals surface area contributed by atoms with Gasteiger partial charge in [0.25, 0.3) is 0 Å². The first kappa shape index (κ1) is 20.4. The molecule has 6 saturated heterocycles. The van der Waals surface area contributed by atoms with E-state index in [2.05, 4.69) is 5.32 Å². The zero-order chi connectivity index (χ0) is 18.8. The summed E-state index contributed by atoms with van der Waals surface area (Å²) < 4.78 is 17.6. The van der Waals surface area contributed by atoms with Crippen molar-refractivity contribution < 1.29 is 39.7 Å². The molecule has 9 nitrogen and oxygen atoms in total. The van der Waals surface area contributed by atoms with Crippen molar-refractivity contribution >= 4 is 0 Å². The number of nitrogens with one attached hydrogen (secondary N) is 1. The molecule has 6 rings (SSSR count). The normalized spacial score (nSPS) is 49.6. The molecule has 26 heavy (non-hydrogen) atoms. The molecule has 0 aromatic carbocycles. The van der Waals surface area contributed by atoms with Gasteiger partial charge in [-0.1, -0.05) is 6.92 Å². The lowest BCUT2D eigenvalue weighted by molar-refractivity contribution is -0.283. The van der Waals surface area contributed by atoms with Gasteiger partial charge >= 0.3 is 0 Å². The van der Waals surface area contributed by atoms with E-state index >= 15 is 0 Å². The Balaban J connectivity index is 1.98. The van der Waals surface area contributed by atoms with Gasteiger partial charge in [0.15, 0.2) is 0 Å². The second kappa shape index (κ2) is 8.76. The van der Waals surface area contributed by atoms with Gasteiger partial charge in [-0.2, -0.15) is 0 Å². The molecular weight excluding hydrogens is 346 g/mol. The van der Waals surface area contributed by atoms with Gasteiger partial charge in [-0.25, -0.2) is 0 Å². The Bertz CT molecular complexity index is 452. The molecule has 6 aliphatic rings. The van der Waals surface area contributed by atoms with Gasteiger partial charge in [0.05, 0.1) is 49.8 Å². The first-order valence-corrected chi connectivity index (χ1v) is 9.45. The van der Waals surface area contributed by atoms with Crippen molar-refractivity contribution in [1.82, 2.24) is 5.32 Å². The monoisotopic (exact) mass is 377 g/mol. The van der Waals surface area contributed by atoms with Gasteiger partial charge < -0.3 is 45.1 Å². The third kappa shape index (κ3) is 3.65. The van der Waals surface area contributed by atoms with E-state index in [9.17, 15) is 25.5 Å². The maximum Gasteiger partial charge on any atom is 0.109 e. The van der Waals surface area contributed by atoms with E-state index in [1.165, 1.54) is 0 Å². The van der Waals surface area contributed by atoms with Gasteiger partial charge in [-0.05, 0) is 19.4 Å². The molecular formula is C17H31NO8. The predicted octanol–water partition coefficient (Wildman–Crippen LogP) is -2.64. The first-order chi connectivity index (χ1) is 12.5. The average molecular weight is 377 g/mol. The molecule has 0 spiro atoms. The highest BCUT2D eigenvalue weighted by Crippen LogP contribution is 2.38. The standard InChI is InChI=1S/C17H31NO8/c1-2-18-12-15(23)17-11-9(6-19)25-8(13(21)14(11)22)4-3-5-24-16(12)10(7-20)26-17/h8-23H,2-7H2,1H3/t8-,9-,10-,11?,12+,13+,14+,15+,16-,17-/m1/s1. The van der Waals surface area contributed by atoms with Crippen molar-refractivity contribution in [3.8, 4) is 0 Å². The van der Waals surface area contributed by atoms with E-state index in [1.807, 2.05) is 6.92 Å². The van der Waals surface area contributed by atoms with Crippen LogP contribution in [0.3, 0.4) is 0 Å². The fourth-order valence-electron chi connectivity index (χ4n) is 4.52. The number of aliphatic hydroxyl groups excluding tert-OH is 5. The second-order valence-corrected chi connectivity index (χ2v) is 7.33. The third-order valence-corrected chi connectivity index (χ3v) is 5.78. The van der Waals surface area contributed by atoms with Gasteiger partial charge in [-0.3, -0.25) is 0 Å². The molecule has 4 bridgehead atoms. The smallest absolute Gasteiger partial charge is 0.109 e. The van der Waals surface area contributed by atoms with Crippen LogP contribution in [0.2, 0.25) is 0 Å². The minimum atomic E-state index is -1.22. The van der Waals surface area contributed by atoms with Crippen LogP contribution in [0.4, 0.5) is 0 Å². The van der Waals surface area contributed by atoms with Crippen LogP contribution in [0, 0.1) is 5.92 Å².